The molecule has 110 valence electrons. The van der Waals surface area contributed by atoms with Gasteiger partial charge in [-0.05, 0) is 24.6 Å². The van der Waals surface area contributed by atoms with Gasteiger partial charge in [-0.2, -0.15) is 0 Å². The lowest BCUT2D eigenvalue weighted by Gasteiger charge is -2.18. The lowest BCUT2D eigenvalue weighted by Crippen LogP contribution is -2.23. The number of esters is 1. The largest absolute Gasteiger partial charge is 0.466 e. The fourth-order valence-electron chi connectivity index (χ4n) is 1.61. The zero-order valence-electron chi connectivity index (χ0n) is 10.7. The summed E-state index contributed by atoms with van der Waals surface area (Å²) in [5, 5.41) is 19.4. The zero-order chi connectivity index (χ0) is 15.3. The first-order valence-corrected chi connectivity index (χ1v) is 5.86. The van der Waals surface area contributed by atoms with Crippen molar-refractivity contribution >= 4 is 12.3 Å². The predicted molar refractivity (Wildman–Crippen MR) is 64.0 cm³/mol. The third-order valence-electron chi connectivity index (χ3n) is 2.61. The Morgan fingerprint density at radius 2 is 1.90 bits per heavy atom. The molecule has 0 aliphatic carbocycles. The van der Waals surface area contributed by atoms with Gasteiger partial charge in [0.05, 0.1) is 24.7 Å². The van der Waals surface area contributed by atoms with Gasteiger partial charge in [-0.25, -0.2) is 8.78 Å². The van der Waals surface area contributed by atoms with Crippen LogP contribution in [0.5, 0.6) is 0 Å². The Labute approximate surface area is 113 Å². The highest BCUT2D eigenvalue weighted by molar-refractivity contribution is 5.75. The Balaban J connectivity index is 2.89. The Hall–Kier alpha value is -1.86. The Morgan fingerprint density at radius 3 is 2.35 bits per heavy atom. The van der Waals surface area contributed by atoms with E-state index in [1.807, 2.05) is 0 Å². The number of halogens is 2. The summed E-state index contributed by atoms with van der Waals surface area (Å²) in [6.45, 7) is 1.68. The van der Waals surface area contributed by atoms with E-state index in [1.165, 1.54) is 0 Å². The second-order valence-corrected chi connectivity index (χ2v) is 4.04. The monoisotopic (exact) mass is 288 g/mol. The molecule has 2 atom stereocenters. The molecule has 0 aliphatic heterocycles. The molecule has 7 heteroatoms. The molecule has 0 radical (unpaired) electrons. The predicted octanol–water partition coefficient (Wildman–Crippen LogP) is 1.12. The first-order valence-electron chi connectivity index (χ1n) is 5.86. The number of aldehydes is 1. The standard InChI is InChI=1S/C13H14F2O5/c1-2-20-12(18)5-11(17)13(19)7-3-9(14)8(6-16)10(15)4-7/h3-4,6,11,13,17,19H,2,5H2,1H3. The molecule has 1 aromatic carbocycles. The molecule has 0 amide bonds. The maximum atomic E-state index is 13.4. The SMILES string of the molecule is CCOC(=O)CC(O)C(O)c1cc(F)c(C=O)c(F)c1. The van der Waals surface area contributed by atoms with Gasteiger partial charge in [0.25, 0.3) is 0 Å². The number of aliphatic hydroxyl groups is 2. The first-order chi connectivity index (χ1) is 9.40. The molecule has 1 aromatic rings. The van der Waals surface area contributed by atoms with Crippen LogP contribution >= 0.6 is 0 Å². The second kappa shape index (κ2) is 7.06. The summed E-state index contributed by atoms with van der Waals surface area (Å²) in [5.41, 5.74) is -1.04. The van der Waals surface area contributed by atoms with Crippen molar-refractivity contribution in [2.45, 2.75) is 25.6 Å². The van der Waals surface area contributed by atoms with Crippen LogP contribution in [-0.2, 0) is 9.53 Å². The number of ether oxygens (including phenoxy) is 1. The minimum atomic E-state index is -1.68. The van der Waals surface area contributed by atoms with E-state index >= 15 is 0 Å². The second-order valence-electron chi connectivity index (χ2n) is 4.04. The summed E-state index contributed by atoms with van der Waals surface area (Å²) in [6, 6.07) is 1.46. The molecule has 0 bridgehead atoms. The third kappa shape index (κ3) is 3.82. The van der Waals surface area contributed by atoms with Crippen molar-refractivity contribution in [1.82, 2.24) is 0 Å². The third-order valence-corrected chi connectivity index (χ3v) is 2.61. The fraction of sp³-hybridized carbons (Fsp3) is 0.385. The Morgan fingerprint density at radius 1 is 1.35 bits per heavy atom. The lowest BCUT2D eigenvalue weighted by molar-refractivity contribution is -0.147. The van der Waals surface area contributed by atoms with E-state index in [9.17, 15) is 28.6 Å². The number of hydrogen-bond acceptors (Lipinski definition) is 5. The lowest BCUT2D eigenvalue weighted by atomic mass is 10.0. The molecule has 2 N–H and O–H groups in total. The minimum absolute atomic E-state index is 0.00979. The molecule has 0 aromatic heterocycles. The summed E-state index contributed by atoms with van der Waals surface area (Å²) in [5.74, 6) is -3.06. The van der Waals surface area contributed by atoms with Crippen LogP contribution in [0.3, 0.4) is 0 Å². The van der Waals surface area contributed by atoms with Gasteiger partial charge in [-0.15, -0.1) is 0 Å². The van der Waals surface area contributed by atoms with Gasteiger partial charge in [0.2, 0.25) is 0 Å². The van der Waals surface area contributed by atoms with Crippen molar-refractivity contribution in [1.29, 1.82) is 0 Å². The molecule has 0 aliphatic rings. The number of carbonyl (C=O) groups is 2. The summed E-state index contributed by atoms with van der Waals surface area (Å²) >= 11 is 0. The van der Waals surface area contributed by atoms with Crippen molar-refractivity contribution in [2.75, 3.05) is 6.61 Å². The first kappa shape index (κ1) is 16.2. The van der Waals surface area contributed by atoms with Crippen LogP contribution in [-0.4, -0.2) is 35.2 Å². The summed E-state index contributed by atoms with van der Waals surface area (Å²) < 4.78 is 31.3. The molecule has 0 saturated carbocycles. The van der Waals surface area contributed by atoms with Crippen LogP contribution in [0.4, 0.5) is 8.78 Å². The average Bonchev–Trinajstić information content (AvgIpc) is 2.37. The number of rotatable bonds is 6. The van der Waals surface area contributed by atoms with Gasteiger partial charge >= 0.3 is 5.97 Å². The van der Waals surface area contributed by atoms with Gasteiger partial charge < -0.3 is 14.9 Å². The number of aliphatic hydroxyl groups excluding tert-OH is 2. The highest BCUT2D eigenvalue weighted by atomic mass is 19.1. The van der Waals surface area contributed by atoms with Crippen molar-refractivity contribution in [2.24, 2.45) is 0 Å². The topological polar surface area (TPSA) is 83.8 Å². The molecule has 1 rings (SSSR count). The molecule has 0 fully saturated rings. The smallest absolute Gasteiger partial charge is 0.308 e. The summed E-state index contributed by atoms with van der Waals surface area (Å²) in [6.07, 6.45) is -3.76. The molecule has 20 heavy (non-hydrogen) atoms. The number of hydrogen-bond donors (Lipinski definition) is 2. The van der Waals surface area contributed by atoms with Crippen LogP contribution in [0.2, 0.25) is 0 Å². The molecular formula is C13H14F2O5. The Bertz CT molecular complexity index is 481. The zero-order valence-corrected chi connectivity index (χ0v) is 10.7. The highest BCUT2D eigenvalue weighted by Gasteiger charge is 2.24. The number of carbonyl (C=O) groups excluding carboxylic acids is 2. The van der Waals surface area contributed by atoms with Crippen molar-refractivity contribution in [3.8, 4) is 0 Å². The van der Waals surface area contributed by atoms with E-state index in [0.717, 1.165) is 12.1 Å². The molecule has 0 spiro atoms. The minimum Gasteiger partial charge on any atom is -0.466 e. The molecule has 0 heterocycles. The average molecular weight is 288 g/mol. The Kier molecular flexibility index (Phi) is 5.72. The van der Waals surface area contributed by atoms with Gasteiger partial charge in [0, 0.05) is 0 Å². The van der Waals surface area contributed by atoms with Gasteiger partial charge in [-0.3, -0.25) is 9.59 Å². The van der Waals surface area contributed by atoms with E-state index in [4.69, 9.17) is 0 Å². The molecular weight excluding hydrogens is 274 g/mol. The van der Waals surface area contributed by atoms with E-state index in [-0.39, 0.29) is 18.5 Å². The van der Waals surface area contributed by atoms with E-state index in [1.54, 1.807) is 6.92 Å². The van der Waals surface area contributed by atoms with Crippen LogP contribution < -0.4 is 0 Å². The van der Waals surface area contributed by atoms with E-state index in [2.05, 4.69) is 4.74 Å². The summed E-state index contributed by atoms with van der Waals surface area (Å²) in [4.78, 5) is 21.6. The van der Waals surface area contributed by atoms with Gasteiger partial charge in [0.1, 0.15) is 17.7 Å². The van der Waals surface area contributed by atoms with Crippen LogP contribution in [0.25, 0.3) is 0 Å². The van der Waals surface area contributed by atoms with Crippen molar-refractivity contribution in [3.05, 3.63) is 34.9 Å². The molecule has 2 unspecified atom stereocenters. The molecule has 5 nitrogen and oxygen atoms in total. The van der Waals surface area contributed by atoms with Crippen LogP contribution in [0, 0.1) is 11.6 Å². The van der Waals surface area contributed by atoms with Crippen molar-refractivity contribution < 1.29 is 33.3 Å². The maximum absolute atomic E-state index is 13.4. The van der Waals surface area contributed by atoms with E-state index in [0.29, 0.717) is 0 Å². The van der Waals surface area contributed by atoms with Crippen molar-refractivity contribution in [3.63, 3.8) is 0 Å². The highest BCUT2D eigenvalue weighted by Crippen LogP contribution is 2.23. The van der Waals surface area contributed by atoms with Gasteiger partial charge in [0.15, 0.2) is 6.29 Å². The maximum Gasteiger partial charge on any atom is 0.308 e. The summed E-state index contributed by atoms with van der Waals surface area (Å²) in [7, 11) is 0. The van der Waals surface area contributed by atoms with Gasteiger partial charge in [-0.1, -0.05) is 0 Å². The quantitative estimate of drug-likeness (QED) is 0.605. The number of benzene rings is 1. The molecule has 0 saturated heterocycles. The normalized spacial score (nSPS) is 13.7. The fourth-order valence-corrected chi connectivity index (χ4v) is 1.61. The van der Waals surface area contributed by atoms with Crippen LogP contribution in [0.1, 0.15) is 35.4 Å². The van der Waals surface area contributed by atoms with Crippen LogP contribution in [0.15, 0.2) is 12.1 Å². The van der Waals surface area contributed by atoms with E-state index < -0.39 is 41.8 Å².